The second kappa shape index (κ2) is 7.41. The Morgan fingerprint density at radius 2 is 2.14 bits per heavy atom. The van der Waals surface area contributed by atoms with Gasteiger partial charge in [-0.1, -0.05) is 32.9 Å². The molecular weight excluding hydrogens is 264 g/mol. The molecule has 0 fully saturated rings. The van der Waals surface area contributed by atoms with Gasteiger partial charge < -0.3 is 14.4 Å². The monoisotopic (exact) mass is 290 g/mol. The minimum Gasteiger partial charge on any atom is -0.346 e. The van der Waals surface area contributed by atoms with Crippen LogP contribution in [0, 0.1) is 5.92 Å². The van der Waals surface area contributed by atoms with Crippen molar-refractivity contribution in [3.63, 3.8) is 0 Å². The molecule has 1 unspecified atom stereocenters. The summed E-state index contributed by atoms with van der Waals surface area (Å²) in [6.07, 6.45) is 6.18. The Labute approximate surface area is 126 Å². The van der Waals surface area contributed by atoms with Crippen molar-refractivity contribution in [2.45, 2.75) is 53.1 Å². The lowest BCUT2D eigenvalue weighted by atomic mass is 9.98. The van der Waals surface area contributed by atoms with E-state index in [9.17, 15) is 0 Å². The first-order chi connectivity index (χ1) is 10.1. The first-order valence-electron chi connectivity index (χ1n) is 7.84. The maximum atomic E-state index is 5.14. The van der Waals surface area contributed by atoms with E-state index in [1.807, 2.05) is 6.92 Å². The molecule has 0 aromatic carbocycles. The second-order valence-electron chi connectivity index (χ2n) is 5.75. The molecule has 0 amide bonds. The fraction of sp³-hybridized carbons (Fsp3) is 0.625. The number of nitrogens with zero attached hydrogens (tertiary/aromatic N) is 3. The highest BCUT2D eigenvalue weighted by molar-refractivity contribution is 5.16. The fourth-order valence-corrected chi connectivity index (χ4v) is 2.44. The normalized spacial score (nSPS) is 13.0. The standard InChI is InChI=1S/C16H26N4O/c1-5-8-17-16(12(3)4)13-7-9-20(10-13)11-14-18-15(6-2)21-19-14/h7,9-10,12,16-17H,5-6,8,11H2,1-4H3. The molecule has 1 atom stereocenters. The van der Waals surface area contributed by atoms with Crippen molar-refractivity contribution in [2.24, 2.45) is 5.92 Å². The van der Waals surface area contributed by atoms with Crippen molar-refractivity contribution < 1.29 is 4.52 Å². The first-order valence-corrected chi connectivity index (χ1v) is 7.84. The highest BCUT2D eigenvalue weighted by Crippen LogP contribution is 2.22. The maximum absolute atomic E-state index is 5.14. The fourth-order valence-electron chi connectivity index (χ4n) is 2.44. The van der Waals surface area contributed by atoms with E-state index in [4.69, 9.17) is 4.52 Å². The molecule has 2 rings (SSSR count). The van der Waals surface area contributed by atoms with Crippen LogP contribution < -0.4 is 5.32 Å². The van der Waals surface area contributed by atoms with Crippen LogP contribution in [0.15, 0.2) is 23.0 Å². The highest BCUT2D eigenvalue weighted by Gasteiger charge is 2.16. The summed E-state index contributed by atoms with van der Waals surface area (Å²) in [7, 11) is 0. The van der Waals surface area contributed by atoms with E-state index < -0.39 is 0 Å². The first kappa shape index (κ1) is 15.8. The van der Waals surface area contributed by atoms with Gasteiger partial charge >= 0.3 is 0 Å². The zero-order valence-corrected chi connectivity index (χ0v) is 13.5. The summed E-state index contributed by atoms with van der Waals surface area (Å²) in [5.74, 6) is 1.99. The Morgan fingerprint density at radius 1 is 1.33 bits per heavy atom. The Bertz CT molecular complexity index is 544. The quantitative estimate of drug-likeness (QED) is 0.811. The van der Waals surface area contributed by atoms with Crippen molar-refractivity contribution in [1.29, 1.82) is 0 Å². The lowest BCUT2D eigenvalue weighted by Gasteiger charge is -2.21. The van der Waals surface area contributed by atoms with Crippen LogP contribution in [0.4, 0.5) is 0 Å². The van der Waals surface area contributed by atoms with Crippen LogP contribution in [0.2, 0.25) is 0 Å². The number of nitrogens with one attached hydrogen (secondary N) is 1. The smallest absolute Gasteiger partial charge is 0.226 e. The van der Waals surface area contributed by atoms with Crippen LogP contribution in [0.5, 0.6) is 0 Å². The lowest BCUT2D eigenvalue weighted by Crippen LogP contribution is -2.26. The molecule has 5 heteroatoms. The molecule has 0 saturated heterocycles. The summed E-state index contributed by atoms with van der Waals surface area (Å²) in [6, 6.07) is 2.57. The van der Waals surface area contributed by atoms with Crippen LogP contribution in [0.1, 0.15) is 57.4 Å². The summed E-state index contributed by atoms with van der Waals surface area (Å²) in [5.41, 5.74) is 1.32. The third kappa shape index (κ3) is 4.17. The van der Waals surface area contributed by atoms with E-state index in [0.29, 0.717) is 24.4 Å². The van der Waals surface area contributed by atoms with Gasteiger partial charge in [0.15, 0.2) is 5.82 Å². The van der Waals surface area contributed by atoms with Crippen LogP contribution in [-0.2, 0) is 13.0 Å². The highest BCUT2D eigenvalue weighted by atomic mass is 16.5. The van der Waals surface area contributed by atoms with Gasteiger partial charge in [0.1, 0.15) is 0 Å². The largest absolute Gasteiger partial charge is 0.346 e. The lowest BCUT2D eigenvalue weighted by molar-refractivity contribution is 0.375. The summed E-state index contributed by atoms with van der Waals surface area (Å²) < 4.78 is 7.26. The molecule has 21 heavy (non-hydrogen) atoms. The molecule has 2 heterocycles. The summed E-state index contributed by atoms with van der Waals surface area (Å²) in [5, 5.41) is 7.61. The van der Waals surface area contributed by atoms with Crippen molar-refractivity contribution in [3.8, 4) is 0 Å². The van der Waals surface area contributed by atoms with Crippen LogP contribution >= 0.6 is 0 Å². The van der Waals surface area contributed by atoms with E-state index in [1.54, 1.807) is 0 Å². The average molecular weight is 290 g/mol. The Kier molecular flexibility index (Phi) is 5.56. The molecule has 0 saturated carbocycles. The molecule has 0 aliphatic heterocycles. The zero-order chi connectivity index (χ0) is 15.2. The molecule has 0 aliphatic rings. The summed E-state index contributed by atoms with van der Waals surface area (Å²) in [4.78, 5) is 4.35. The molecule has 0 spiro atoms. The van der Waals surface area contributed by atoms with Gasteiger partial charge in [-0.25, -0.2) is 0 Å². The maximum Gasteiger partial charge on any atom is 0.226 e. The number of aryl methyl sites for hydroxylation is 1. The predicted octanol–water partition coefficient (Wildman–Crippen LogP) is 3.18. The molecule has 116 valence electrons. The van der Waals surface area contributed by atoms with E-state index in [0.717, 1.165) is 25.2 Å². The molecule has 0 bridgehead atoms. The third-order valence-corrected chi connectivity index (χ3v) is 3.55. The van der Waals surface area contributed by atoms with Gasteiger partial charge in [0.2, 0.25) is 5.89 Å². The minimum absolute atomic E-state index is 0.391. The molecule has 5 nitrogen and oxygen atoms in total. The minimum atomic E-state index is 0.391. The Balaban J connectivity index is 2.05. The Morgan fingerprint density at radius 3 is 2.76 bits per heavy atom. The average Bonchev–Trinajstić information content (AvgIpc) is 3.09. The van der Waals surface area contributed by atoms with Crippen molar-refractivity contribution in [2.75, 3.05) is 6.54 Å². The second-order valence-corrected chi connectivity index (χ2v) is 5.75. The van der Waals surface area contributed by atoms with E-state index in [1.165, 1.54) is 5.56 Å². The summed E-state index contributed by atoms with van der Waals surface area (Å²) in [6.45, 7) is 10.4. The van der Waals surface area contributed by atoms with Crippen LogP contribution in [0.3, 0.4) is 0 Å². The van der Waals surface area contributed by atoms with Gasteiger partial charge in [-0.05, 0) is 30.5 Å². The van der Waals surface area contributed by atoms with E-state index in [-0.39, 0.29) is 0 Å². The van der Waals surface area contributed by atoms with Crippen molar-refractivity contribution in [3.05, 3.63) is 35.7 Å². The molecule has 0 aliphatic carbocycles. The van der Waals surface area contributed by atoms with Crippen molar-refractivity contribution >= 4 is 0 Å². The molecule has 2 aromatic rings. The van der Waals surface area contributed by atoms with Gasteiger partial charge in [0.25, 0.3) is 0 Å². The molecule has 0 radical (unpaired) electrons. The zero-order valence-electron chi connectivity index (χ0n) is 13.5. The summed E-state index contributed by atoms with van der Waals surface area (Å²) >= 11 is 0. The van der Waals surface area contributed by atoms with Crippen LogP contribution in [0.25, 0.3) is 0 Å². The third-order valence-electron chi connectivity index (χ3n) is 3.55. The van der Waals surface area contributed by atoms with Gasteiger partial charge in [0, 0.05) is 24.9 Å². The van der Waals surface area contributed by atoms with Crippen LogP contribution in [-0.4, -0.2) is 21.3 Å². The van der Waals surface area contributed by atoms with E-state index >= 15 is 0 Å². The van der Waals surface area contributed by atoms with Gasteiger partial charge in [0.05, 0.1) is 6.54 Å². The predicted molar refractivity (Wildman–Crippen MR) is 83.1 cm³/mol. The number of rotatable bonds is 8. The molecule has 2 aromatic heterocycles. The topological polar surface area (TPSA) is 55.9 Å². The van der Waals surface area contributed by atoms with E-state index in [2.05, 4.69) is 59.3 Å². The number of hydrogen-bond acceptors (Lipinski definition) is 4. The van der Waals surface area contributed by atoms with Gasteiger partial charge in [-0.2, -0.15) is 4.98 Å². The molecular formula is C16H26N4O. The number of hydrogen-bond donors (Lipinski definition) is 1. The van der Waals surface area contributed by atoms with Crippen molar-refractivity contribution in [1.82, 2.24) is 20.0 Å². The molecule has 1 N–H and O–H groups in total. The van der Waals surface area contributed by atoms with Gasteiger partial charge in [-0.3, -0.25) is 0 Å². The van der Waals surface area contributed by atoms with Gasteiger partial charge in [-0.15, -0.1) is 0 Å². The number of aromatic nitrogens is 3. The Hall–Kier alpha value is -1.62. The SMILES string of the molecule is CCCNC(c1ccn(Cc2noc(CC)n2)c1)C(C)C.